The second kappa shape index (κ2) is 3.91. The van der Waals surface area contributed by atoms with Gasteiger partial charge in [0.15, 0.2) is 0 Å². The van der Waals surface area contributed by atoms with Gasteiger partial charge in [-0.15, -0.1) is 0 Å². The molecule has 0 aromatic heterocycles. The Labute approximate surface area is 61.2 Å². The number of hydrogen-bond acceptors (Lipinski definition) is 1. The van der Waals surface area contributed by atoms with Crippen LogP contribution in [0.4, 0.5) is 4.39 Å². The van der Waals surface area contributed by atoms with Gasteiger partial charge in [-0.1, -0.05) is 12.8 Å². The Morgan fingerprint density at radius 2 is 1.70 bits per heavy atom. The molecule has 0 aromatic rings. The van der Waals surface area contributed by atoms with Crippen molar-refractivity contribution >= 4 is 0 Å². The Balaban J connectivity index is 2.23. The third-order valence-corrected chi connectivity index (χ3v) is 2.12. The van der Waals surface area contributed by atoms with Crippen LogP contribution in [0, 0.1) is 0 Å². The zero-order valence-electron chi connectivity index (χ0n) is 6.22. The summed E-state index contributed by atoms with van der Waals surface area (Å²) in [5, 5.41) is 9.17. The molecule has 0 aromatic carbocycles. The zero-order chi connectivity index (χ0) is 7.40. The lowest BCUT2D eigenvalue weighted by molar-refractivity contribution is 0.121. The van der Waals surface area contributed by atoms with Crippen LogP contribution in [0.25, 0.3) is 0 Å². The van der Waals surface area contributed by atoms with Crippen molar-refractivity contribution in [1.29, 1.82) is 0 Å². The molecule has 2 heteroatoms. The number of aliphatic hydroxyl groups excluding tert-OH is 1. The third-order valence-electron chi connectivity index (χ3n) is 2.12. The number of aliphatic hydroxyl groups is 1. The smallest absolute Gasteiger partial charge is 0.100 e. The van der Waals surface area contributed by atoms with Gasteiger partial charge in [0.05, 0.1) is 6.10 Å². The van der Waals surface area contributed by atoms with E-state index in [4.69, 9.17) is 5.11 Å². The molecule has 1 aliphatic carbocycles. The van der Waals surface area contributed by atoms with Crippen molar-refractivity contribution in [2.75, 3.05) is 0 Å². The van der Waals surface area contributed by atoms with Gasteiger partial charge in [-0.3, -0.25) is 0 Å². The highest BCUT2D eigenvalue weighted by Crippen LogP contribution is 2.19. The van der Waals surface area contributed by atoms with E-state index in [1.165, 1.54) is 0 Å². The van der Waals surface area contributed by atoms with Gasteiger partial charge in [0.1, 0.15) is 6.17 Å². The maximum absolute atomic E-state index is 12.7. The molecule has 2 atom stereocenters. The summed E-state index contributed by atoms with van der Waals surface area (Å²) in [4.78, 5) is 0. The minimum Gasteiger partial charge on any atom is -0.393 e. The number of rotatable bonds is 0. The first-order valence-corrected chi connectivity index (χ1v) is 4.11. The Hall–Kier alpha value is -0.110. The van der Waals surface area contributed by atoms with Crippen molar-refractivity contribution < 1.29 is 9.50 Å². The molecule has 0 aliphatic heterocycles. The van der Waals surface area contributed by atoms with E-state index >= 15 is 0 Å². The third kappa shape index (κ3) is 2.65. The predicted molar refractivity (Wildman–Crippen MR) is 38.6 cm³/mol. The van der Waals surface area contributed by atoms with Crippen molar-refractivity contribution in [3.8, 4) is 0 Å². The first-order valence-electron chi connectivity index (χ1n) is 4.11. The fourth-order valence-electron chi connectivity index (χ4n) is 1.41. The summed E-state index contributed by atoms with van der Waals surface area (Å²) in [5.41, 5.74) is 0. The number of alkyl halides is 1. The molecular formula is C8H15FO. The van der Waals surface area contributed by atoms with E-state index in [-0.39, 0.29) is 6.10 Å². The van der Waals surface area contributed by atoms with Gasteiger partial charge >= 0.3 is 0 Å². The summed E-state index contributed by atoms with van der Waals surface area (Å²) in [7, 11) is 0. The maximum atomic E-state index is 12.7. The highest BCUT2D eigenvalue weighted by molar-refractivity contribution is 4.66. The monoisotopic (exact) mass is 146 g/mol. The summed E-state index contributed by atoms with van der Waals surface area (Å²) < 4.78 is 12.7. The zero-order valence-corrected chi connectivity index (χ0v) is 6.22. The molecule has 0 heterocycles. The normalized spacial score (nSPS) is 36.6. The molecule has 1 saturated carbocycles. The predicted octanol–water partition coefficient (Wildman–Crippen LogP) is 2.04. The van der Waals surface area contributed by atoms with Crippen LogP contribution >= 0.6 is 0 Å². The summed E-state index contributed by atoms with van der Waals surface area (Å²) in [6.07, 6.45) is 3.81. The van der Waals surface area contributed by atoms with Crippen LogP contribution in [-0.4, -0.2) is 17.4 Å². The van der Waals surface area contributed by atoms with E-state index < -0.39 is 6.17 Å². The molecule has 0 radical (unpaired) electrons. The van der Waals surface area contributed by atoms with Crippen LogP contribution in [0.1, 0.15) is 38.5 Å². The maximum Gasteiger partial charge on any atom is 0.100 e. The van der Waals surface area contributed by atoms with Gasteiger partial charge in [0.25, 0.3) is 0 Å². The lowest BCUT2D eigenvalue weighted by Crippen LogP contribution is -2.13. The molecule has 1 rings (SSSR count). The average molecular weight is 146 g/mol. The van der Waals surface area contributed by atoms with Gasteiger partial charge in [-0.2, -0.15) is 0 Å². The van der Waals surface area contributed by atoms with E-state index in [0.29, 0.717) is 19.3 Å². The van der Waals surface area contributed by atoms with Crippen LogP contribution in [0.3, 0.4) is 0 Å². The lowest BCUT2D eigenvalue weighted by Gasteiger charge is -2.16. The molecule has 0 saturated heterocycles. The SMILES string of the molecule is O[C@H]1CCCC[C@@H](F)CC1. The fraction of sp³-hybridized carbons (Fsp3) is 1.00. The molecule has 0 amide bonds. The van der Waals surface area contributed by atoms with Crippen molar-refractivity contribution in [2.45, 2.75) is 50.8 Å². The van der Waals surface area contributed by atoms with E-state index in [0.717, 1.165) is 19.3 Å². The topological polar surface area (TPSA) is 20.2 Å². The number of hydrogen-bond donors (Lipinski definition) is 1. The largest absolute Gasteiger partial charge is 0.393 e. The summed E-state index contributed by atoms with van der Waals surface area (Å²) in [6, 6.07) is 0. The standard InChI is InChI=1S/C8H15FO/c9-7-3-1-2-4-8(10)6-5-7/h7-8,10H,1-6H2/t7-,8+/m1/s1. The highest BCUT2D eigenvalue weighted by Gasteiger charge is 2.13. The van der Waals surface area contributed by atoms with Crippen LogP contribution in [0.15, 0.2) is 0 Å². The summed E-state index contributed by atoms with van der Waals surface area (Å²) >= 11 is 0. The van der Waals surface area contributed by atoms with Crippen molar-refractivity contribution in [3.05, 3.63) is 0 Å². The second-order valence-electron chi connectivity index (χ2n) is 3.11. The Morgan fingerprint density at radius 3 is 2.50 bits per heavy atom. The average Bonchev–Trinajstić information content (AvgIpc) is 1.90. The van der Waals surface area contributed by atoms with Crippen molar-refractivity contribution in [2.24, 2.45) is 0 Å². The van der Waals surface area contributed by atoms with Crippen LogP contribution < -0.4 is 0 Å². The van der Waals surface area contributed by atoms with Gasteiger partial charge < -0.3 is 5.11 Å². The second-order valence-corrected chi connectivity index (χ2v) is 3.11. The van der Waals surface area contributed by atoms with E-state index in [2.05, 4.69) is 0 Å². The Bertz CT molecular complexity index is 83.3. The first-order chi connectivity index (χ1) is 4.79. The summed E-state index contributed by atoms with van der Waals surface area (Å²) in [6.45, 7) is 0. The minimum absolute atomic E-state index is 0.237. The molecule has 10 heavy (non-hydrogen) atoms. The molecule has 1 N–H and O–H groups in total. The van der Waals surface area contributed by atoms with E-state index in [1.807, 2.05) is 0 Å². The fourth-order valence-corrected chi connectivity index (χ4v) is 1.41. The van der Waals surface area contributed by atoms with Crippen LogP contribution in [0.5, 0.6) is 0 Å². The molecule has 0 bridgehead atoms. The van der Waals surface area contributed by atoms with E-state index in [1.54, 1.807) is 0 Å². The first kappa shape index (κ1) is 7.99. The van der Waals surface area contributed by atoms with Crippen LogP contribution in [-0.2, 0) is 0 Å². The van der Waals surface area contributed by atoms with Crippen molar-refractivity contribution in [1.82, 2.24) is 0 Å². The molecule has 0 spiro atoms. The van der Waals surface area contributed by atoms with Gasteiger partial charge in [-0.05, 0) is 25.7 Å². The lowest BCUT2D eigenvalue weighted by atomic mass is 9.98. The van der Waals surface area contributed by atoms with Gasteiger partial charge in [0.2, 0.25) is 0 Å². The molecular weight excluding hydrogens is 131 g/mol. The van der Waals surface area contributed by atoms with Crippen molar-refractivity contribution in [3.63, 3.8) is 0 Å². The number of halogens is 1. The molecule has 0 unspecified atom stereocenters. The van der Waals surface area contributed by atoms with Crippen LogP contribution in [0.2, 0.25) is 0 Å². The molecule has 1 nitrogen and oxygen atoms in total. The molecule has 60 valence electrons. The molecule has 1 aliphatic rings. The molecule has 1 fully saturated rings. The minimum atomic E-state index is -0.657. The van der Waals surface area contributed by atoms with E-state index in [9.17, 15) is 4.39 Å². The Kier molecular flexibility index (Phi) is 3.13. The van der Waals surface area contributed by atoms with Gasteiger partial charge in [-0.25, -0.2) is 4.39 Å². The Morgan fingerprint density at radius 1 is 1.00 bits per heavy atom. The quantitative estimate of drug-likeness (QED) is 0.554. The van der Waals surface area contributed by atoms with Gasteiger partial charge in [0, 0.05) is 0 Å². The highest BCUT2D eigenvalue weighted by atomic mass is 19.1. The summed E-state index contributed by atoms with van der Waals surface area (Å²) in [5.74, 6) is 0.